The van der Waals surface area contributed by atoms with Crippen molar-refractivity contribution >= 4 is 0 Å². The average molecular weight is 669 g/mol. The third-order valence-corrected chi connectivity index (χ3v) is 8.66. The van der Waals surface area contributed by atoms with E-state index in [1.54, 1.807) is 0 Å². The number of piperidine rings is 1. The summed E-state index contributed by atoms with van der Waals surface area (Å²) in [5, 5.41) is 0. The van der Waals surface area contributed by atoms with Crippen molar-refractivity contribution in [2.45, 2.75) is 160 Å². The molecule has 2 heterocycles. The zero-order valence-corrected chi connectivity index (χ0v) is 35.8. The fraction of sp³-hybridized carbons (Fsp3) is 1.00. The largest absolute Gasteiger partial charge is 0.380 e. The van der Waals surface area contributed by atoms with Crippen LogP contribution in [0.4, 0.5) is 0 Å². The Morgan fingerprint density at radius 3 is 1.11 bits per heavy atom. The maximum absolute atomic E-state index is 5.48. The van der Waals surface area contributed by atoms with Gasteiger partial charge in [-0.15, -0.1) is 0 Å². The Balaban J connectivity index is 0. The second-order valence-corrected chi connectivity index (χ2v) is 20.0. The molecule has 0 spiro atoms. The Hall–Kier alpha value is -0.200. The minimum absolute atomic E-state index is 0.401. The zero-order valence-electron chi connectivity index (χ0n) is 35.8. The number of rotatable bonds is 14. The van der Waals surface area contributed by atoms with E-state index in [0.29, 0.717) is 21.7 Å². The van der Waals surface area contributed by atoms with Gasteiger partial charge in [0.1, 0.15) is 0 Å². The highest BCUT2D eigenvalue weighted by Gasteiger charge is 2.15. The number of hydrogen-bond donors (Lipinski definition) is 0. The molecule has 286 valence electrons. The van der Waals surface area contributed by atoms with Gasteiger partial charge >= 0.3 is 0 Å². The van der Waals surface area contributed by atoms with Crippen LogP contribution in [0.2, 0.25) is 0 Å². The van der Waals surface area contributed by atoms with Crippen molar-refractivity contribution in [3.63, 3.8) is 0 Å². The van der Waals surface area contributed by atoms with Crippen LogP contribution in [-0.4, -0.2) is 113 Å². The minimum Gasteiger partial charge on any atom is -0.380 e. The molecule has 2 rings (SSSR count). The Morgan fingerprint density at radius 1 is 0.426 bits per heavy atom. The van der Waals surface area contributed by atoms with E-state index in [0.717, 1.165) is 26.2 Å². The molecule has 2 fully saturated rings. The van der Waals surface area contributed by atoms with Crippen molar-refractivity contribution in [1.82, 2.24) is 19.6 Å². The van der Waals surface area contributed by atoms with Crippen LogP contribution in [0.25, 0.3) is 0 Å². The molecule has 5 heteroatoms. The average Bonchev–Trinajstić information content (AvgIpc) is 3.41. The molecule has 0 atom stereocenters. The van der Waals surface area contributed by atoms with Crippen molar-refractivity contribution in [3.05, 3.63) is 0 Å². The fourth-order valence-electron chi connectivity index (χ4n) is 5.51. The summed E-state index contributed by atoms with van der Waals surface area (Å²) in [7, 11) is 8.38. The van der Waals surface area contributed by atoms with Crippen molar-refractivity contribution in [3.8, 4) is 0 Å². The van der Waals surface area contributed by atoms with E-state index < -0.39 is 0 Å². The summed E-state index contributed by atoms with van der Waals surface area (Å²) in [6.45, 7) is 39.6. The van der Waals surface area contributed by atoms with E-state index >= 15 is 0 Å². The molecule has 0 radical (unpaired) electrons. The number of likely N-dealkylation sites (N-methyl/N-ethyl adjacent to an activating group) is 1. The van der Waals surface area contributed by atoms with E-state index in [4.69, 9.17) is 4.74 Å². The highest BCUT2D eigenvalue weighted by atomic mass is 16.5. The van der Waals surface area contributed by atoms with Gasteiger partial charge in [-0.3, -0.25) is 0 Å². The van der Waals surface area contributed by atoms with Gasteiger partial charge in [0.15, 0.2) is 0 Å². The van der Waals surface area contributed by atoms with Gasteiger partial charge in [-0.05, 0) is 166 Å². The number of hydrogen-bond acceptors (Lipinski definition) is 5. The lowest BCUT2D eigenvalue weighted by atomic mass is 9.90. The number of likely N-dealkylation sites (tertiary alicyclic amines) is 2. The van der Waals surface area contributed by atoms with Gasteiger partial charge in [0.2, 0.25) is 0 Å². The molecule has 5 nitrogen and oxygen atoms in total. The molecule has 0 N–H and O–H groups in total. The summed E-state index contributed by atoms with van der Waals surface area (Å²) in [5.74, 6) is 0. The summed E-state index contributed by atoms with van der Waals surface area (Å²) < 4.78 is 5.48. The number of ether oxygens (including phenoxy) is 1. The van der Waals surface area contributed by atoms with Crippen LogP contribution in [0, 0.1) is 21.7 Å². The molecule has 0 aromatic rings. The van der Waals surface area contributed by atoms with Crippen molar-refractivity contribution < 1.29 is 4.74 Å². The highest BCUT2D eigenvalue weighted by molar-refractivity contribution is 4.69. The monoisotopic (exact) mass is 669 g/mol. The SMILES string of the molecule is CC(C)(C)CCCN1CCCC1.CC(C)(C)CCCN1CCCCC1.CN(C)CCCC(C)(C)C.CN(C)CCOCCC(C)(C)C. The van der Waals surface area contributed by atoms with E-state index in [9.17, 15) is 0 Å². The molecular formula is C42H92N4O. The van der Waals surface area contributed by atoms with Gasteiger partial charge in [0.05, 0.1) is 6.61 Å². The molecule has 0 bridgehead atoms. The highest BCUT2D eigenvalue weighted by Crippen LogP contribution is 2.23. The number of nitrogens with zero attached hydrogens (tertiary/aromatic N) is 4. The molecule has 0 amide bonds. The van der Waals surface area contributed by atoms with Crippen LogP contribution in [0.15, 0.2) is 0 Å². The van der Waals surface area contributed by atoms with Gasteiger partial charge in [-0.25, -0.2) is 0 Å². The van der Waals surface area contributed by atoms with Gasteiger partial charge in [0, 0.05) is 13.2 Å². The Morgan fingerprint density at radius 2 is 0.766 bits per heavy atom. The summed E-state index contributed by atoms with van der Waals surface area (Å²) in [4.78, 5) is 9.61. The zero-order chi connectivity index (χ0) is 36.6. The lowest BCUT2D eigenvalue weighted by Gasteiger charge is -2.27. The van der Waals surface area contributed by atoms with Crippen molar-refractivity contribution in [1.29, 1.82) is 0 Å². The predicted octanol–water partition coefficient (Wildman–Crippen LogP) is 10.6. The third-order valence-electron chi connectivity index (χ3n) is 8.66. The van der Waals surface area contributed by atoms with Crippen LogP contribution >= 0.6 is 0 Å². The minimum atomic E-state index is 0.401. The standard InChI is InChI=1S/C12H25N.C11H23N.C10H23NO.C9H21N/c1-12(2,3)8-7-11-13-9-5-4-6-10-13;1-11(2,3)7-6-10-12-8-4-5-9-12;1-10(2,3)6-8-12-9-7-11(4)5;1-9(2,3)7-6-8-10(4)5/h4-11H2,1-3H3;4-10H2,1-3H3;6-9H2,1-5H3;6-8H2,1-5H3. The van der Waals surface area contributed by atoms with Crippen LogP contribution < -0.4 is 0 Å². The molecular weight excluding hydrogens is 576 g/mol. The first-order chi connectivity index (χ1) is 21.5. The first kappa shape index (κ1) is 48.9. The molecule has 0 aromatic carbocycles. The van der Waals surface area contributed by atoms with Crippen LogP contribution in [-0.2, 0) is 4.74 Å². The van der Waals surface area contributed by atoms with Crippen molar-refractivity contribution in [2.24, 2.45) is 21.7 Å². The van der Waals surface area contributed by atoms with Gasteiger partial charge in [-0.2, -0.15) is 0 Å². The fourth-order valence-corrected chi connectivity index (χ4v) is 5.51. The van der Waals surface area contributed by atoms with Crippen LogP contribution in [0.5, 0.6) is 0 Å². The lowest BCUT2D eigenvalue weighted by Crippen LogP contribution is -2.31. The van der Waals surface area contributed by atoms with E-state index in [1.807, 2.05) is 0 Å². The Kier molecular flexibility index (Phi) is 27.7. The second kappa shape index (κ2) is 26.6. The van der Waals surface area contributed by atoms with Gasteiger partial charge in [-0.1, -0.05) is 89.5 Å². The third kappa shape index (κ3) is 43.8. The summed E-state index contributed by atoms with van der Waals surface area (Å²) >= 11 is 0. The van der Waals surface area contributed by atoms with E-state index in [-0.39, 0.29) is 0 Å². The van der Waals surface area contributed by atoms with Crippen LogP contribution in [0.3, 0.4) is 0 Å². The second-order valence-electron chi connectivity index (χ2n) is 20.0. The van der Waals surface area contributed by atoms with E-state index in [2.05, 4.69) is 131 Å². The van der Waals surface area contributed by atoms with E-state index in [1.165, 1.54) is 116 Å². The predicted molar refractivity (Wildman–Crippen MR) is 214 cm³/mol. The smallest absolute Gasteiger partial charge is 0.0593 e. The maximum atomic E-state index is 5.48. The molecule has 0 saturated carbocycles. The molecule has 2 saturated heterocycles. The van der Waals surface area contributed by atoms with Crippen LogP contribution in [0.1, 0.15) is 160 Å². The molecule has 0 unspecified atom stereocenters. The van der Waals surface area contributed by atoms with Gasteiger partial charge < -0.3 is 24.3 Å². The lowest BCUT2D eigenvalue weighted by molar-refractivity contribution is 0.0957. The topological polar surface area (TPSA) is 22.2 Å². The summed E-state index contributed by atoms with van der Waals surface area (Å²) in [6.07, 6.45) is 16.4. The normalized spacial score (nSPS) is 16.7. The molecule has 0 aromatic heterocycles. The van der Waals surface area contributed by atoms with Gasteiger partial charge in [0.25, 0.3) is 0 Å². The maximum Gasteiger partial charge on any atom is 0.0593 e. The first-order valence-electron chi connectivity index (χ1n) is 19.8. The Labute approximate surface area is 299 Å². The first-order valence-corrected chi connectivity index (χ1v) is 19.8. The summed E-state index contributed by atoms with van der Waals surface area (Å²) in [6, 6.07) is 0. The molecule has 0 aliphatic carbocycles. The quantitative estimate of drug-likeness (QED) is 0.171. The Bertz CT molecular complexity index is 667. The molecule has 2 aliphatic heterocycles. The molecule has 47 heavy (non-hydrogen) atoms. The van der Waals surface area contributed by atoms with Crippen molar-refractivity contribution in [2.75, 3.05) is 93.8 Å². The molecule has 2 aliphatic rings. The summed E-state index contributed by atoms with van der Waals surface area (Å²) in [5.41, 5.74) is 1.96.